The van der Waals surface area contributed by atoms with Crippen molar-refractivity contribution in [2.24, 2.45) is 5.16 Å². The number of pyridine rings is 1. The van der Waals surface area contributed by atoms with Crippen LogP contribution in [0.3, 0.4) is 0 Å². The van der Waals surface area contributed by atoms with Gasteiger partial charge in [0, 0.05) is 55.7 Å². The monoisotopic (exact) mass is 580 g/mol. The molecular formula is C30H27F3N4O5. The summed E-state index contributed by atoms with van der Waals surface area (Å²) in [6.07, 6.45) is 4.60. The Labute approximate surface area is 238 Å². The van der Waals surface area contributed by atoms with E-state index in [1.54, 1.807) is 39.9 Å². The number of fused-ring (bicyclic) bond motifs is 5. The van der Waals surface area contributed by atoms with Crippen molar-refractivity contribution in [1.82, 2.24) is 14.8 Å². The van der Waals surface area contributed by atoms with Crippen molar-refractivity contribution in [1.29, 1.82) is 0 Å². The first kappa shape index (κ1) is 27.6. The third-order valence-electron chi connectivity index (χ3n) is 8.23. The Morgan fingerprint density at radius 3 is 2.60 bits per heavy atom. The molecule has 0 saturated carbocycles. The zero-order chi connectivity index (χ0) is 29.6. The lowest BCUT2D eigenvalue weighted by Gasteiger charge is -2.42. The average molecular weight is 581 g/mol. The van der Waals surface area contributed by atoms with E-state index in [1.807, 2.05) is 13.0 Å². The second kappa shape index (κ2) is 10.7. The number of hydrogen-bond acceptors (Lipinski definition) is 6. The molecule has 2 aromatic carbocycles. The van der Waals surface area contributed by atoms with Crippen LogP contribution in [0.2, 0.25) is 0 Å². The number of carbonyl (C=O) groups excluding carboxylic acids is 2. The van der Waals surface area contributed by atoms with Crippen molar-refractivity contribution < 1.29 is 32.3 Å². The van der Waals surface area contributed by atoms with Gasteiger partial charge in [-0.2, -0.15) is 0 Å². The average Bonchev–Trinajstić information content (AvgIpc) is 3.40. The minimum atomic E-state index is -1.18. The lowest BCUT2D eigenvalue weighted by Crippen LogP contribution is -2.52. The maximum absolute atomic E-state index is 14.2. The summed E-state index contributed by atoms with van der Waals surface area (Å²) in [5, 5.41) is 6.36. The molecule has 6 rings (SSSR count). The molecule has 218 valence electrons. The van der Waals surface area contributed by atoms with Crippen molar-refractivity contribution >= 4 is 18.0 Å². The lowest BCUT2D eigenvalue weighted by molar-refractivity contribution is -0.0656. The standard InChI is InChI=1S/C30H27F3N4O5/c1-17-7-8-30(9-10-35-42-30)24-15-36(17)29(40)25-27(41-16-18-5-3-2-4-6-18)26(38)21(14-37(24)25)28(39)34-13-20-22(32)11-19(31)12-23(20)33/h2-6,10-12,14,17,24H,7-9,13,15-16H2,1H3,(H,34,39)/t17-,24+,30-/m0/s1. The van der Waals surface area contributed by atoms with Gasteiger partial charge in [0.15, 0.2) is 17.0 Å². The highest BCUT2D eigenvalue weighted by molar-refractivity contribution is 5.99. The summed E-state index contributed by atoms with van der Waals surface area (Å²) in [7, 11) is 0. The molecule has 1 spiro atoms. The first-order chi connectivity index (χ1) is 20.2. The fraction of sp³-hybridized carbons (Fsp3) is 0.333. The Hall–Kier alpha value is -4.61. The molecule has 0 aliphatic carbocycles. The van der Waals surface area contributed by atoms with Crippen LogP contribution in [-0.2, 0) is 18.0 Å². The largest absolute Gasteiger partial charge is 0.483 e. The fourth-order valence-electron chi connectivity index (χ4n) is 5.88. The lowest BCUT2D eigenvalue weighted by atomic mass is 9.86. The van der Waals surface area contributed by atoms with Gasteiger partial charge in [-0.1, -0.05) is 35.5 Å². The molecule has 1 aromatic heterocycles. The van der Waals surface area contributed by atoms with Gasteiger partial charge in [-0.05, 0) is 25.3 Å². The summed E-state index contributed by atoms with van der Waals surface area (Å²) >= 11 is 0. The predicted octanol–water partition coefficient (Wildman–Crippen LogP) is 4.10. The first-order valence-corrected chi connectivity index (χ1v) is 13.6. The van der Waals surface area contributed by atoms with Crippen LogP contribution in [0.1, 0.15) is 64.2 Å². The highest BCUT2D eigenvalue weighted by Gasteiger charge is 2.53. The molecule has 1 N–H and O–H groups in total. The molecule has 3 aromatic rings. The number of nitrogens with one attached hydrogen (secondary N) is 1. The molecule has 2 bridgehead atoms. The van der Waals surface area contributed by atoms with Crippen LogP contribution < -0.4 is 15.5 Å². The second-order valence-electron chi connectivity index (χ2n) is 10.8. The van der Waals surface area contributed by atoms with Crippen LogP contribution in [0, 0.1) is 17.5 Å². The summed E-state index contributed by atoms with van der Waals surface area (Å²) in [6.45, 7) is 1.48. The van der Waals surface area contributed by atoms with E-state index in [1.165, 1.54) is 6.20 Å². The predicted molar refractivity (Wildman–Crippen MR) is 145 cm³/mol. The van der Waals surface area contributed by atoms with Crippen LogP contribution >= 0.6 is 0 Å². The van der Waals surface area contributed by atoms with Gasteiger partial charge >= 0.3 is 0 Å². The van der Waals surface area contributed by atoms with Crippen LogP contribution in [0.4, 0.5) is 13.2 Å². The van der Waals surface area contributed by atoms with E-state index in [9.17, 15) is 27.6 Å². The summed E-state index contributed by atoms with van der Waals surface area (Å²) in [5.74, 6) is -5.14. The van der Waals surface area contributed by atoms with Gasteiger partial charge in [0.1, 0.15) is 29.6 Å². The maximum atomic E-state index is 14.2. The second-order valence-corrected chi connectivity index (χ2v) is 10.8. The van der Waals surface area contributed by atoms with Crippen molar-refractivity contribution in [2.45, 2.75) is 57.0 Å². The van der Waals surface area contributed by atoms with Gasteiger partial charge < -0.3 is 24.4 Å². The number of ether oxygens (including phenoxy) is 1. The molecule has 1 fully saturated rings. The molecular weight excluding hydrogens is 553 g/mol. The Morgan fingerprint density at radius 1 is 1.17 bits per heavy atom. The topological polar surface area (TPSA) is 102 Å². The molecule has 1 saturated heterocycles. The molecule has 9 nitrogen and oxygen atoms in total. The van der Waals surface area contributed by atoms with Crippen LogP contribution in [0.25, 0.3) is 0 Å². The maximum Gasteiger partial charge on any atom is 0.274 e. The molecule has 4 heterocycles. The van der Waals surface area contributed by atoms with E-state index in [0.717, 1.165) is 5.56 Å². The molecule has 0 unspecified atom stereocenters. The molecule has 3 aliphatic rings. The molecule has 2 amide bonds. The Balaban J connectivity index is 1.44. The van der Waals surface area contributed by atoms with E-state index >= 15 is 0 Å². The van der Waals surface area contributed by atoms with Crippen molar-refractivity contribution in [3.05, 3.63) is 98.7 Å². The normalized spacial score (nSPS) is 22.5. The number of oxime groups is 1. The highest BCUT2D eigenvalue weighted by Crippen LogP contribution is 2.45. The van der Waals surface area contributed by atoms with E-state index in [-0.39, 0.29) is 30.6 Å². The number of amides is 2. The third kappa shape index (κ3) is 4.70. The van der Waals surface area contributed by atoms with Crippen molar-refractivity contribution in [3.8, 4) is 5.75 Å². The first-order valence-electron chi connectivity index (χ1n) is 13.6. The summed E-state index contributed by atoms with van der Waals surface area (Å²) in [4.78, 5) is 48.7. The van der Waals surface area contributed by atoms with Crippen LogP contribution in [0.5, 0.6) is 5.75 Å². The summed E-state index contributed by atoms with van der Waals surface area (Å²) < 4.78 is 49.4. The molecule has 3 atom stereocenters. The van der Waals surface area contributed by atoms with Crippen LogP contribution in [0.15, 0.2) is 58.6 Å². The minimum absolute atomic E-state index is 0.0111. The number of aromatic nitrogens is 1. The van der Waals surface area contributed by atoms with E-state index in [4.69, 9.17) is 9.57 Å². The summed E-state index contributed by atoms with van der Waals surface area (Å²) in [6, 6.07) is 9.33. The van der Waals surface area contributed by atoms with Gasteiger partial charge in [0.05, 0.1) is 6.04 Å². The highest BCUT2D eigenvalue weighted by atomic mass is 19.1. The van der Waals surface area contributed by atoms with E-state index in [0.29, 0.717) is 31.4 Å². The van der Waals surface area contributed by atoms with Gasteiger partial charge in [-0.15, -0.1) is 0 Å². The zero-order valence-electron chi connectivity index (χ0n) is 22.6. The molecule has 0 radical (unpaired) electrons. The molecule has 3 aliphatic heterocycles. The number of rotatable bonds is 6. The number of carbonyl (C=O) groups is 2. The van der Waals surface area contributed by atoms with Crippen molar-refractivity contribution in [3.63, 3.8) is 0 Å². The fourth-order valence-corrected chi connectivity index (χ4v) is 5.88. The van der Waals surface area contributed by atoms with Gasteiger partial charge in [-0.3, -0.25) is 14.4 Å². The molecule has 42 heavy (non-hydrogen) atoms. The number of halogens is 3. The quantitative estimate of drug-likeness (QED) is 0.473. The zero-order valence-corrected chi connectivity index (χ0v) is 22.6. The van der Waals surface area contributed by atoms with E-state index < -0.39 is 64.0 Å². The third-order valence-corrected chi connectivity index (χ3v) is 8.23. The van der Waals surface area contributed by atoms with Gasteiger partial charge in [-0.25, -0.2) is 13.2 Å². The number of nitrogens with zero attached hydrogens (tertiary/aromatic N) is 3. The smallest absolute Gasteiger partial charge is 0.274 e. The van der Waals surface area contributed by atoms with Gasteiger partial charge in [0.25, 0.3) is 11.8 Å². The number of hydrogen-bond donors (Lipinski definition) is 1. The molecule has 12 heteroatoms. The number of benzene rings is 2. The van der Waals surface area contributed by atoms with Crippen LogP contribution in [-0.4, -0.2) is 45.7 Å². The Kier molecular flexibility index (Phi) is 6.99. The Bertz CT molecular complexity index is 1630. The minimum Gasteiger partial charge on any atom is -0.483 e. The van der Waals surface area contributed by atoms with Crippen molar-refractivity contribution in [2.75, 3.05) is 6.54 Å². The van der Waals surface area contributed by atoms with E-state index in [2.05, 4.69) is 10.5 Å². The summed E-state index contributed by atoms with van der Waals surface area (Å²) in [5.41, 5.74) is -1.92. The Morgan fingerprint density at radius 2 is 1.90 bits per heavy atom. The SMILES string of the molecule is C[C@H]1CC[C@]2(CC=NO2)[C@H]2CN1C(=O)c1c(OCc3ccccc3)c(=O)c(C(=O)NCc3c(F)cc(F)cc3F)cn12. The van der Waals surface area contributed by atoms with Gasteiger partial charge in [0.2, 0.25) is 5.43 Å².